The molecule has 0 aromatic heterocycles. The van der Waals surface area contributed by atoms with Crippen LogP contribution in [0, 0.1) is 6.92 Å². The van der Waals surface area contributed by atoms with Gasteiger partial charge in [-0.3, -0.25) is 9.59 Å². The highest BCUT2D eigenvalue weighted by Crippen LogP contribution is 2.19. The first kappa shape index (κ1) is 19.2. The number of carbonyl (C=O) groups excluding carboxylic acids is 2. The summed E-state index contributed by atoms with van der Waals surface area (Å²) in [5.74, 6) is -1.63. The molecule has 2 N–H and O–H groups in total. The lowest BCUT2D eigenvalue weighted by molar-refractivity contribution is 0.0697. The molecule has 2 aromatic carbocycles. The molecule has 2 rings (SSSR count). The van der Waals surface area contributed by atoms with E-state index in [-0.39, 0.29) is 17.2 Å². The fourth-order valence-electron chi connectivity index (χ4n) is 2.60. The van der Waals surface area contributed by atoms with E-state index in [1.54, 1.807) is 48.2 Å². The first-order valence-electron chi connectivity index (χ1n) is 8.42. The first-order valence-corrected chi connectivity index (χ1v) is 8.42. The largest absolute Gasteiger partial charge is 0.478 e. The van der Waals surface area contributed by atoms with Crippen molar-refractivity contribution in [1.82, 2.24) is 4.90 Å². The minimum atomic E-state index is -1.11. The van der Waals surface area contributed by atoms with Gasteiger partial charge in [-0.15, -0.1) is 0 Å². The molecule has 0 aliphatic rings. The van der Waals surface area contributed by atoms with Gasteiger partial charge < -0.3 is 15.3 Å². The van der Waals surface area contributed by atoms with Gasteiger partial charge >= 0.3 is 5.97 Å². The fourth-order valence-corrected chi connectivity index (χ4v) is 2.60. The minimum Gasteiger partial charge on any atom is -0.478 e. The Hall–Kier alpha value is -3.15. The van der Waals surface area contributed by atoms with Crippen molar-refractivity contribution < 1.29 is 19.5 Å². The lowest BCUT2D eigenvalue weighted by Gasteiger charge is -2.18. The fraction of sp³-hybridized carbons (Fsp3) is 0.250. The summed E-state index contributed by atoms with van der Waals surface area (Å²) in [6, 6.07) is 11.1. The molecule has 0 spiro atoms. The van der Waals surface area contributed by atoms with E-state index in [1.165, 1.54) is 6.07 Å². The third kappa shape index (κ3) is 4.27. The third-order valence-corrected chi connectivity index (χ3v) is 4.10. The number of hydrogen-bond donors (Lipinski definition) is 2. The molecule has 0 atom stereocenters. The molecule has 2 aromatic rings. The van der Waals surface area contributed by atoms with Crippen LogP contribution in [0.1, 0.15) is 50.5 Å². The van der Waals surface area contributed by atoms with Crippen molar-refractivity contribution >= 4 is 23.5 Å². The number of anilines is 1. The van der Waals surface area contributed by atoms with Gasteiger partial charge in [0.05, 0.1) is 11.3 Å². The number of aryl methyl sites for hydroxylation is 1. The maximum atomic E-state index is 12.4. The van der Waals surface area contributed by atoms with E-state index in [4.69, 9.17) is 0 Å². The summed E-state index contributed by atoms with van der Waals surface area (Å²) in [5.41, 5.74) is 1.91. The Morgan fingerprint density at radius 1 is 0.962 bits per heavy atom. The Bertz CT molecular complexity index is 824. The van der Waals surface area contributed by atoms with Gasteiger partial charge in [0.1, 0.15) is 0 Å². The predicted molar refractivity (Wildman–Crippen MR) is 99.8 cm³/mol. The summed E-state index contributed by atoms with van der Waals surface area (Å²) >= 11 is 0. The Morgan fingerprint density at radius 3 is 2.08 bits per heavy atom. The number of nitrogens with zero attached hydrogens (tertiary/aromatic N) is 1. The lowest BCUT2D eigenvalue weighted by Crippen LogP contribution is -2.30. The van der Waals surface area contributed by atoms with Crippen LogP contribution in [0.4, 0.5) is 5.69 Å². The average molecular weight is 354 g/mol. The van der Waals surface area contributed by atoms with Gasteiger partial charge in [0.2, 0.25) is 0 Å². The van der Waals surface area contributed by atoms with Crippen molar-refractivity contribution in [1.29, 1.82) is 0 Å². The average Bonchev–Trinajstić information content (AvgIpc) is 2.64. The van der Waals surface area contributed by atoms with Crippen LogP contribution in [-0.2, 0) is 0 Å². The summed E-state index contributed by atoms with van der Waals surface area (Å²) in [6.07, 6.45) is 0. The number of aromatic carboxylic acids is 1. The number of carbonyl (C=O) groups is 3. The molecule has 0 saturated heterocycles. The molecule has 0 aliphatic carbocycles. The van der Waals surface area contributed by atoms with Gasteiger partial charge in [0.15, 0.2) is 0 Å². The van der Waals surface area contributed by atoms with Crippen LogP contribution >= 0.6 is 0 Å². The second kappa shape index (κ2) is 8.29. The predicted octanol–water partition coefficient (Wildman–Crippen LogP) is 3.43. The van der Waals surface area contributed by atoms with Crippen molar-refractivity contribution in [3.63, 3.8) is 0 Å². The van der Waals surface area contributed by atoms with Gasteiger partial charge in [-0.25, -0.2) is 4.79 Å². The Morgan fingerprint density at radius 2 is 1.54 bits per heavy atom. The minimum absolute atomic E-state index is 0.0340. The molecular weight excluding hydrogens is 332 g/mol. The van der Waals surface area contributed by atoms with Gasteiger partial charge in [0, 0.05) is 24.2 Å². The molecule has 0 heterocycles. The van der Waals surface area contributed by atoms with E-state index in [2.05, 4.69) is 5.32 Å². The zero-order valence-corrected chi connectivity index (χ0v) is 15.1. The van der Waals surface area contributed by atoms with Gasteiger partial charge in [-0.2, -0.15) is 0 Å². The quantitative estimate of drug-likeness (QED) is 0.832. The molecule has 6 nitrogen and oxygen atoms in total. The van der Waals surface area contributed by atoms with Gasteiger partial charge in [-0.05, 0) is 57.2 Å². The van der Waals surface area contributed by atoms with E-state index in [0.29, 0.717) is 24.2 Å². The van der Waals surface area contributed by atoms with Crippen molar-refractivity contribution in [3.05, 3.63) is 64.7 Å². The Kier molecular flexibility index (Phi) is 6.11. The summed E-state index contributed by atoms with van der Waals surface area (Å²) in [5, 5.41) is 11.9. The van der Waals surface area contributed by atoms with Crippen LogP contribution in [-0.4, -0.2) is 40.9 Å². The zero-order valence-electron chi connectivity index (χ0n) is 15.1. The number of hydrogen-bond acceptors (Lipinski definition) is 3. The maximum Gasteiger partial charge on any atom is 0.337 e. The van der Waals surface area contributed by atoms with E-state index in [9.17, 15) is 19.5 Å². The molecule has 0 radical (unpaired) electrons. The van der Waals surface area contributed by atoms with Crippen molar-refractivity contribution in [2.75, 3.05) is 18.4 Å². The van der Waals surface area contributed by atoms with Crippen molar-refractivity contribution in [2.45, 2.75) is 20.8 Å². The second-order valence-corrected chi connectivity index (χ2v) is 5.86. The van der Waals surface area contributed by atoms with Gasteiger partial charge in [0.25, 0.3) is 11.8 Å². The highest BCUT2D eigenvalue weighted by Gasteiger charge is 2.16. The van der Waals surface area contributed by atoms with Crippen molar-refractivity contribution in [3.8, 4) is 0 Å². The SMILES string of the molecule is CCN(CC)C(=O)c1ccc(C(=O)Nc2ccc(C)cc2C(=O)O)cc1. The van der Waals surface area contributed by atoms with Gasteiger partial charge in [-0.1, -0.05) is 11.6 Å². The smallest absolute Gasteiger partial charge is 0.337 e. The summed E-state index contributed by atoms with van der Waals surface area (Å²) in [4.78, 5) is 37.7. The van der Waals surface area contributed by atoms with E-state index in [0.717, 1.165) is 5.56 Å². The number of nitrogens with one attached hydrogen (secondary N) is 1. The first-order chi connectivity index (χ1) is 12.4. The van der Waals surface area contributed by atoms with Crippen molar-refractivity contribution in [2.24, 2.45) is 0 Å². The number of carboxylic acid groups (broad SMARTS) is 1. The highest BCUT2D eigenvalue weighted by atomic mass is 16.4. The highest BCUT2D eigenvalue weighted by molar-refractivity contribution is 6.08. The number of rotatable bonds is 6. The lowest BCUT2D eigenvalue weighted by atomic mass is 10.1. The second-order valence-electron chi connectivity index (χ2n) is 5.86. The molecule has 0 aliphatic heterocycles. The number of benzene rings is 2. The normalized spacial score (nSPS) is 10.3. The monoisotopic (exact) mass is 354 g/mol. The molecule has 26 heavy (non-hydrogen) atoms. The summed E-state index contributed by atoms with van der Waals surface area (Å²) in [6.45, 7) is 6.82. The maximum absolute atomic E-state index is 12.4. The number of carboxylic acids is 1. The molecule has 0 fully saturated rings. The van der Waals surface area contributed by atoms with E-state index in [1.807, 2.05) is 13.8 Å². The van der Waals surface area contributed by atoms with Crippen LogP contribution in [0.15, 0.2) is 42.5 Å². The van der Waals surface area contributed by atoms with Crippen LogP contribution < -0.4 is 5.32 Å². The molecule has 2 amide bonds. The molecule has 136 valence electrons. The van der Waals surface area contributed by atoms with Crippen LogP contribution in [0.3, 0.4) is 0 Å². The zero-order chi connectivity index (χ0) is 19.3. The molecule has 0 bridgehead atoms. The topological polar surface area (TPSA) is 86.7 Å². The van der Waals surface area contributed by atoms with Crippen LogP contribution in [0.25, 0.3) is 0 Å². The summed E-state index contributed by atoms with van der Waals surface area (Å²) < 4.78 is 0. The third-order valence-electron chi connectivity index (χ3n) is 4.10. The molecule has 0 unspecified atom stereocenters. The van der Waals surface area contributed by atoms with E-state index >= 15 is 0 Å². The molecule has 0 saturated carbocycles. The van der Waals surface area contributed by atoms with Crippen LogP contribution in [0.2, 0.25) is 0 Å². The molecule has 6 heteroatoms. The van der Waals surface area contributed by atoms with Crippen LogP contribution in [0.5, 0.6) is 0 Å². The van der Waals surface area contributed by atoms with E-state index < -0.39 is 11.9 Å². The Labute approximate surface area is 152 Å². The Balaban J connectivity index is 2.19. The molecular formula is C20H22N2O4. The standard InChI is InChI=1S/C20H22N2O4/c1-4-22(5-2)19(24)15-9-7-14(8-10-15)18(23)21-17-11-6-13(3)12-16(17)20(25)26/h6-12H,4-5H2,1-3H3,(H,21,23)(H,25,26). The summed E-state index contributed by atoms with van der Waals surface area (Å²) in [7, 11) is 0. The number of amides is 2.